The molecule has 1 aromatic rings. The van der Waals surface area contributed by atoms with Gasteiger partial charge >= 0.3 is 0 Å². The fourth-order valence-electron chi connectivity index (χ4n) is 2.74. The number of benzene rings is 1. The van der Waals surface area contributed by atoms with Gasteiger partial charge in [0.1, 0.15) is 5.75 Å². The van der Waals surface area contributed by atoms with Crippen LogP contribution in [0, 0.1) is 5.41 Å². The van der Waals surface area contributed by atoms with E-state index in [-0.39, 0.29) is 0 Å². The molecule has 1 saturated carbocycles. The molecule has 1 N–H and O–H groups in total. The molecule has 1 aromatic carbocycles. The number of rotatable bonds is 2. The molecule has 1 unspecified atom stereocenters. The van der Waals surface area contributed by atoms with E-state index in [1.54, 1.807) is 0 Å². The zero-order chi connectivity index (χ0) is 10.3. The van der Waals surface area contributed by atoms with E-state index in [2.05, 4.69) is 29.6 Å². The molecule has 1 aliphatic heterocycles. The van der Waals surface area contributed by atoms with Crippen molar-refractivity contribution in [2.75, 3.05) is 20.2 Å². The van der Waals surface area contributed by atoms with Gasteiger partial charge in [0.05, 0.1) is 6.61 Å². The topological polar surface area (TPSA) is 21.3 Å². The minimum Gasteiger partial charge on any atom is -0.493 e. The first-order valence-corrected chi connectivity index (χ1v) is 5.72. The smallest absolute Gasteiger partial charge is 0.122 e. The van der Waals surface area contributed by atoms with Gasteiger partial charge in [-0.25, -0.2) is 0 Å². The van der Waals surface area contributed by atoms with E-state index in [1.807, 2.05) is 7.05 Å². The van der Waals surface area contributed by atoms with Crippen LogP contribution in [-0.2, 0) is 0 Å². The van der Waals surface area contributed by atoms with Crippen LogP contribution in [0.5, 0.6) is 5.75 Å². The lowest BCUT2D eigenvalue weighted by molar-refractivity contribution is 0.174. The van der Waals surface area contributed by atoms with Crippen molar-refractivity contribution in [2.24, 2.45) is 5.41 Å². The van der Waals surface area contributed by atoms with Crippen LogP contribution in [0.25, 0.3) is 0 Å². The minimum absolute atomic E-state index is 0.456. The highest BCUT2D eigenvalue weighted by atomic mass is 16.5. The Morgan fingerprint density at radius 3 is 2.93 bits per heavy atom. The Kier molecular flexibility index (Phi) is 1.99. The summed E-state index contributed by atoms with van der Waals surface area (Å²) in [6.45, 7) is 1.98. The molecule has 1 atom stereocenters. The van der Waals surface area contributed by atoms with Crippen molar-refractivity contribution in [3.8, 4) is 5.75 Å². The Bertz CT molecular complexity index is 371. The van der Waals surface area contributed by atoms with Gasteiger partial charge in [-0.05, 0) is 31.5 Å². The molecule has 2 nitrogen and oxygen atoms in total. The van der Waals surface area contributed by atoms with Crippen LogP contribution in [0.15, 0.2) is 24.3 Å². The molecule has 15 heavy (non-hydrogen) atoms. The van der Waals surface area contributed by atoms with Gasteiger partial charge < -0.3 is 10.1 Å². The summed E-state index contributed by atoms with van der Waals surface area (Å²) >= 11 is 0. The van der Waals surface area contributed by atoms with Crippen molar-refractivity contribution in [1.29, 1.82) is 0 Å². The maximum atomic E-state index is 5.85. The van der Waals surface area contributed by atoms with Crippen LogP contribution in [0.4, 0.5) is 0 Å². The molecule has 0 aromatic heterocycles. The second-order valence-corrected chi connectivity index (χ2v) is 4.80. The molecule has 1 fully saturated rings. The number of hydrogen-bond donors (Lipinski definition) is 1. The number of hydrogen-bond acceptors (Lipinski definition) is 2. The first kappa shape index (κ1) is 9.22. The van der Waals surface area contributed by atoms with Gasteiger partial charge in [0.2, 0.25) is 0 Å². The summed E-state index contributed by atoms with van der Waals surface area (Å²) in [6, 6.07) is 8.48. The summed E-state index contributed by atoms with van der Waals surface area (Å²) in [4.78, 5) is 0. The van der Waals surface area contributed by atoms with E-state index in [9.17, 15) is 0 Å². The molecule has 1 aliphatic carbocycles. The van der Waals surface area contributed by atoms with Crippen LogP contribution in [0.2, 0.25) is 0 Å². The van der Waals surface area contributed by atoms with Crippen LogP contribution < -0.4 is 10.1 Å². The fourth-order valence-corrected chi connectivity index (χ4v) is 2.74. The Balaban J connectivity index is 2.00. The third kappa shape index (κ3) is 1.36. The van der Waals surface area contributed by atoms with E-state index in [0.29, 0.717) is 11.3 Å². The van der Waals surface area contributed by atoms with Crippen molar-refractivity contribution in [2.45, 2.75) is 18.8 Å². The highest BCUT2D eigenvalue weighted by Crippen LogP contribution is 2.59. The average molecular weight is 203 g/mol. The number of likely N-dealkylation sites (N-methyl/N-ethyl adjacent to an activating group) is 1. The number of para-hydroxylation sites is 1. The third-order valence-electron chi connectivity index (χ3n) is 3.85. The number of nitrogens with one attached hydrogen (secondary N) is 1. The first-order valence-electron chi connectivity index (χ1n) is 5.72. The predicted molar refractivity (Wildman–Crippen MR) is 60.3 cm³/mol. The lowest BCUT2D eigenvalue weighted by Crippen LogP contribution is -2.33. The predicted octanol–water partition coefficient (Wildman–Crippen LogP) is 2.16. The van der Waals surface area contributed by atoms with Gasteiger partial charge in [0.15, 0.2) is 0 Å². The molecule has 2 heteroatoms. The van der Waals surface area contributed by atoms with E-state index in [1.165, 1.54) is 18.4 Å². The van der Waals surface area contributed by atoms with E-state index in [0.717, 1.165) is 18.9 Å². The summed E-state index contributed by atoms with van der Waals surface area (Å²) in [5.74, 6) is 1.74. The lowest BCUT2D eigenvalue weighted by Gasteiger charge is -2.33. The lowest BCUT2D eigenvalue weighted by atomic mass is 9.81. The third-order valence-corrected chi connectivity index (χ3v) is 3.85. The standard InChI is InChI=1S/C13H17NO/c1-14-8-11-10-4-2-3-5-12(10)15-9-13(11)6-7-13/h2-5,11,14H,6-9H2,1H3. The largest absolute Gasteiger partial charge is 0.493 e. The molecule has 80 valence electrons. The number of ether oxygens (including phenoxy) is 1. The molecule has 1 heterocycles. The van der Waals surface area contributed by atoms with Crippen molar-refractivity contribution in [1.82, 2.24) is 5.32 Å². The fraction of sp³-hybridized carbons (Fsp3) is 0.538. The van der Waals surface area contributed by atoms with Crippen molar-refractivity contribution >= 4 is 0 Å². The second kappa shape index (κ2) is 3.24. The zero-order valence-electron chi connectivity index (χ0n) is 9.12. The Morgan fingerprint density at radius 2 is 2.20 bits per heavy atom. The van der Waals surface area contributed by atoms with Crippen molar-refractivity contribution in [3.63, 3.8) is 0 Å². The summed E-state index contributed by atoms with van der Waals surface area (Å²) < 4.78 is 5.85. The Hall–Kier alpha value is -1.02. The highest BCUT2D eigenvalue weighted by molar-refractivity contribution is 5.41. The molecule has 3 rings (SSSR count). The van der Waals surface area contributed by atoms with Crippen LogP contribution in [0.1, 0.15) is 24.3 Å². The summed E-state index contributed by atoms with van der Waals surface area (Å²) in [5.41, 5.74) is 1.85. The average Bonchev–Trinajstić information content (AvgIpc) is 3.04. The highest BCUT2D eigenvalue weighted by Gasteiger charge is 2.52. The Morgan fingerprint density at radius 1 is 1.40 bits per heavy atom. The maximum Gasteiger partial charge on any atom is 0.122 e. The second-order valence-electron chi connectivity index (χ2n) is 4.80. The molecule has 0 saturated heterocycles. The molecule has 0 radical (unpaired) electrons. The monoisotopic (exact) mass is 203 g/mol. The van der Waals surface area contributed by atoms with Gasteiger partial charge in [-0.2, -0.15) is 0 Å². The molecule has 1 spiro atoms. The maximum absolute atomic E-state index is 5.85. The van der Waals surface area contributed by atoms with Gasteiger partial charge in [-0.15, -0.1) is 0 Å². The normalized spacial score (nSPS) is 25.8. The Labute approximate surface area is 90.6 Å². The number of fused-ring (bicyclic) bond motifs is 1. The molecule has 0 bridgehead atoms. The van der Waals surface area contributed by atoms with Gasteiger partial charge in [0, 0.05) is 17.9 Å². The van der Waals surface area contributed by atoms with E-state index >= 15 is 0 Å². The van der Waals surface area contributed by atoms with Crippen LogP contribution in [0.3, 0.4) is 0 Å². The quantitative estimate of drug-likeness (QED) is 0.795. The molecular weight excluding hydrogens is 186 g/mol. The van der Waals surface area contributed by atoms with Crippen LogP contribution in [-0.4, -0.2) is 20.2 Å². The summed E-state index contributed by atoms with van der Waals surface area (Å²) in [7, 11) is 2.04. The summed E-state index contributed by atoms with van der Waals surface area (Å²) in [5, 5.41) is 3.32. The van der Waals surface area contributed by atoms with Crippen molar-refractivity contribution < 1.29 is 4.74 Å². The molecule has 0 amide bonds. The van der Waals surface area contributed by atoms with E-state index < -0.39 is 0 Å². The summed E-state index contributed by atoms with van der Waals surface area (Å²) in [6.07, 6.45) is 2.65. The minimum atomic E-state index is 0.456. The molecular formula is C13H17NO. The van der Waals surface area contributed by atoms with Gasteiger partial charge in [-0.3, -0.25) is 0 Å². The SMILES string of the molecule is CNCC1c2ccccc2OCC12CC2. The van der Waals surface area contributed by atoms with Gasteiger partial charge in [0.25, 0.3) is 0 Å². The van der Waals surface area contributed by atoms with E-state index in [4.69, 9.17) is 4.74 Å². The van der Waals surface area contributed by atoms with Gasteiger partial charge in [-0.1, -0.05) is 18.2 Å². The zero-order valence-corrected chi connectivity index (χ0v) is 9.12. The molecule has 2 aliphatic rings. The van der Waals surface area contributed by atoms with Crippen LogP contribution >= 0.6 is 0 Å². The van der Waals surface area contributed by atoms with Crippen molar-refractivity contribution in [3.05, 3.63) is 29.8 Å². The first-order chi connectivity index (χ1) is 7.36.